The SMILES string of the molecule is O=C(C[C@@]1(O)C(=O)N(C(c2ccccc2)(c2ccccc2)c2ccccc2)c2ccccc21)c1ccccc1. The number of ketones is 1. The maximum absolute atomic E-state index is 14.7. The van der Waals surface area contributed by atoms with E-state index >= 15 is 0 Å². The molecule has 39 heavy (non-hydrogen) atoms. The predicted molar refractivity (Wildman–Crippen MR) is 152 cm³/mol. The Labute approximate surface area is 227 Å². The van der Waals surface area contributed by atoms with Crippen molar-refractivity contribution < 1.29 is 14.7 Å². The van der Waals surface area contributed by atoms with Gasteiger partial charge in [-0.3, -0.25) is 14.5 Å². The van der Waals surface area contributed by atoms with Crippen LogP contribution >= 0.6 is 0 Å². The summed E-state index contributed by atoms with van der Waals surface area (Å²) in [5, 5.41) is 12.2. The Balaban J connectivity index is 1.63. The van der Waals surface area contributed by atoms with Crippen molar-refractivity contribution in [3.8, 4) is 0 Å². The number of para-hydroxylation sites is 1. The Hall–Kier alpha value is -4.80. The average molecular weight is 510 g/mol. The van der Waals surface area contributed by atoms with Crippen LogP contribution in [0.15, 0.2) is 146 Å². The third-order valence-corrected chi connectivity index (χ3v) is 7.57. The normalized spacial score (nSPS) is 16.6. The van der Waals surface area contributed by atoms with Crippen molar-refractivity contribution in [2.45, 2.75) is 17.6 Å². The molecule has 0 aliphatic carbocycles. The van der Waals surface area contributed by atoms with Crippen molar-refractivity contribution in [1.82, 2.24) is 0 Å². The molecule has 0 saturated carbocycles. The number of aliphatic hydroxyl groups is 1. The lowest BCUT2D eigenvalue weighted by Gasteiger charge is -2.44. The first-order chi connectivity index (χ1) is 19.1. The molecule has 1 amide bonds. The topological polar surface area (TPSA) is 57.6 Å². The van der Waals surface area contributed by atoms with Gasteiger partial charge >= 0.3 is 0 Å². The van der Waals surface area contributed by atoms with Gasteiger partial charge in [-0.05, 0) is 22.8 Å². The molecule has 0 bridgehead atoms. The summed E-state index contributed by atoms with van der Waals surface area (Å²) in [6.07, 6.45) is -0.363. The number of carbonyl (C=O) groups excluding carboxylic acids is 2. The summed E-state index contributed by atoms with van der Waals surface area (Å²) in [4.78, 5) is 29.8. The molecular weight excluding hydrogens is 482 g/mol. The number of amides is 1. The molecule has 0 saturated heterocycles. The lowest BCUT2D eigenvalue weighted by atomic mass is 9.75. The number of hydrogen-bond donors (Lipinski definition) is 1. The Morgan fingerprint density at radius 1 is 0.615 bits per heavy atom. The maximum Gasteiger partial charge on any atom is 0.265 e. The molecule has 5 aromatic carbocycles. The van der Waals surface area contributed by atoms with Crippen LogP contribution in [0.5, 0.6) is 0 Å². The van der Waals surface area contributed by atoms with Gasteiger partial charge in [-0.25, -0.2) is 0 Å². The summed E-state index contributed by atoms with van der Waals surface area (Å²) in [6.45, 7) is 0. The molecule has 190 valence electrons. The Bertz CT molecular complexity index is 1520. The third kappa shape index (κ3) is 3.89. The standard InChI is InChI=1S/C35H27NO3/c37-32(26-15-5-1-6-16-26)25-34(39)30-23-13-14-24-31(30)36(33(34)38)35(27-17-7-2-8-18-27,28-19-9-3-10-20-28)29-21-11-4-12-22-29/h1-24,39H,25H2/t34-/m0/s1. The van der Waals surface area contributed by atoms with Crippen LogP contribution in [0.3, 0.4) is 0 Å². The van der Waals surface area contributed by atoms with Crippen molar-refractivity contribution >= 4 is 17.4 Å². The molecule has 0 radical (unpaired) electrons. The van der Waals surface area contributed by atoms with Crippen molar-refractivity contribution in [2.24, 2.45) is 0 Å². The van der Waals surface area contributed by atoms with E-state index < -0.39 is 17.0 Å². The Morgan fingerprint density at radius 2 is 1.03 bits per heavy atom. The summed E-state index contributed by atoms with van der Waals surface area (Å²) < 4.78 is 0. The molecule has 0 spiro atoms. The zero-order valence-electron chi connectivity index (χ0n) is 21.3. The van der Waals surface area contributed by atoms with E-state index in [9.17, 15) is 14.7 Å². The van der Waals surface area contributed by atoms with Crippen LogP contribution in [0.1, 0.15) is 39.0 Å². The van der Waals surface area contributed by atoms with Gasteiger partial charge in [0.2, 0.25) is 0 Å². The molecule has 0 unspecified atom stereocenters. The van der Waals surface area contributed by atoms with Gasteiger partial charge in [0.1, 0.15) is 5.54 Å². The molecule has 1 N–H and O–H groups in total. The highest BCUT2D eigenvalue weighted by Gasteiger charge is 2.58. The van der Waals surface area contributed by atoms with Gasteiger partial charge in [-0.15, -0.1) is 0 Å². The van der Waals surface area contributed by atoms with Gasteiger partial charge in [-0.2, -0.15) is 0 Å². The first kappa shape index (κ1) is 24.5. The van der Waals surface area contributed by atoms with Gasteiger partial charge in [-0.1, -0.05) is 140 Å². The van der Waals surface area contributed by atoms with Crippen LogP contribution in [-0.4, -0.2) is 16.8 Å². The summed E-state index contributed by atoms with van der Waals surface area (Å²) in [5.41, 5.74) is 0.895. The number of benzene rings is 5. The number of nitrogens with zero attached hydrogens (tertiary/aromatic N) is 1. The summed E-state index contributed by atoms with van der Waals surface area (Å²) in [7, 11) is 0. The summed E-state index contributed by atoms with van der Waals surface area (Å²) >= 11 is 0. The van der Waals surface area contributed by atoms with E-state index in [1.54, 1.807) is 41.3 Å². The third-order valence-electron chi connectivity index (χ3n) is 7.57. The smallest absolute Gasteiger partial charge is 0.265 e. The lowest BCUT2D eigenvalue weighted by Crippen LogP contribution is -2.54. The Morgan fingerprint density at radius 3 is 1.51 bits per heavy atom. The summed E-state index contributed by atoms with van der Waals surface area (Å²) in [5.74, 6) is -0.836. The first-order valence-electron chi connectivity index (χ1n) is 13.0. The molecule has 0 fully saturated rings. The van der Waals surface area contributed by atoms with E-state index in [1.165, 1.54) is 0 Å². The van der Waals surface area contributed by atoms with Crippen molar-refractivity contribution in [2.75, 3.05) is 4.90 Å². The van der Waals surface area contributed by atoms with Gasteiger partial charge in [0.15, 0.2) is 11.4 Å². The van der Waals surface area contributed by atoms with Crippen LogP contribution in [0.25, 0.3) is 0 Å². The van der Waals surface area contributed by atoms with Crippen LogP contribution in [-0.2, 0) is 15.9 Å². The van der Waals surface area contributed by atoms with E-state index in [-0.39, 0.29) is 12.2 Å². The minimum absolute atomic E-state index is 0.298. The van der Waals surface area contributed by atoms with Crippen LogP contribution in [0, 0.1) is 0 Å². The minimum Gasteiger partial charge on any atom is -0.375 e. The molecule has 0 aromatic heterocycles. The number of fused-ring (bicyclic) bond motifs is 1. The Kier molecular flexibility index (Phi) is 6.18. The first-order valence-corrected chi connectivity index (χ1v) is 13.0. The summed E-state index contributed by atoms with van der Waals surface area (Å²) in [6, 6.07) is 45.6. The van der Waals surface area contributed by atoms with E-state index in [0.717, 1.165) is 16.7 Å². The zero-order valence-corrected chi connectivity index (χ0v) is 21.3. The molecular formula is C35H27NO3. The molecule has 1 heterocycles. The van der Waals surface area contributed by atoms with E-state index in [4.69, 9.17) is 0 Å². The average Bonchev–Trinajstić information content (AvgIpc) is 3.22. The highest BCUT2D eigenvalue weighted by Crippen LogP contribution is 2.53. The molecule has 1 aliphatic rings. The van der Waals surface area contributed by atoms with Gasteiger partial charge in [0.05, 0.1) is 12.1 Å². The second-order valence-electron chi connectivity index (χ2n) is 9.79. The molecule has 1 atom stereocenters. The molecule has 1 aliphatic heterocycles. The predicted octanol–water partition coefficient (Wildman–Crippen LogP) is 6.49. The quantitative estimate of drug-likeness (QED) is 0.202. The van der Waals surface area contributed by atoms with Gasteiger partial charge in [0, 0.05) is 11.1 Å². The van der Waals surface area contributed by atoms with E-state index in [1.807, 2.05) is 109 Å². The second-order valence-corrected chi connectivity index (χ2v) is 9.79. The lowest BCUT2D eigenvalue weighted by molar-refractivity contribution is -0.136. The van der Waals surface area contributed by atoms with Gasteiger partial charge < -0.3 is 5.11 Å². The highest BCUT2D eigenvalue weighted by atomic mass is 16.3. The number of anilines is 1. The molecule has 4 heteroatoms. The van der Waals surface area contributed by atoms with Crippen molar-refractivity contribution in [3.63, 3.8) is 0 Å². The van der Waals surface area contributed by atoms with E-state index in [0.29, 0.717) is 16.8 Å². The number of carbonyl (C=O) groups is 2. The minimum atomic E-state index is -2.03. The van der Waals surface area contributed by atoms with Crippen molar-refractivity contribution in [1.29, 1.82) is 0 Å². The highest BCUT2D eigenvalue weighted by molar-refractivity contribution is 6.12. The molecule has 6 rings (SSSR count). The fourth-order valence-electron chi connectivity index (χ4n) is 5.82. The van der Waals surface area contributed by atoms with Crippen LogP contribution in [0.4, 0.5) is 5.69 Å². The fraction of sp³-hybridized carbons (Fsp3) is 0.0857. The second kappa shape index (κ2) is 9.82. The number of hydrogen-bond acceptors (Lipinski definition) is 3. The molecule has 4 nitrogen and oxygen atoms in total. The van der Waals surface area contributed by atoms with Crippen molar-refractivity contribution in [3.05, 3.63) is 173 Å². The number of Topliss-reactive ketones (excluding diaryl/α,β-unsaturated/α-hetero) is 1. The van der Waals surface area contributed by atoms with E-state index in [2.05, 4.69) is 0 Å². The zero-order chi connectivity index (χ0) is 26.9. The largest absolute Gasteiger partial charge is 0.375 e. The van der Waals surface area contributed by atoms with Crippen LogP contribution < -0.4 is 4.90 Å². The number of rotatable bonds is 7. The maximum atomic E-state index is 14.7. The van der Waals surface area contributed by atoms with Gasteiger partial charge in [0.25, 0.3) is 5.91 Å². The fourth-order valence-corrected chi connectivity index (χ4v) is 5.82. The monoisotopic (exact) mass is 509 g/mol. The molecule has 5 aromatic rings. The van der Waals surface area contributed by atoms with Crippen LogP contribution in [0.2, 0.25) is 0 Å².